The number of sulfonamides is 1. The number of anilines is 2. The van der Waals surface area contributed by atoms with Gasteiger partial charge in [-0.3, -0.25) is 9.52 Å². The van der Waals surface area contributed by atoms with Gasteiger partial charge in [-0.15, -0.1) is 0 Å². The zero-order valence-corrected chi connectivity index (χ0v) is 18.5. The third-order valence-electron chi connectivity index (χ3n) is 4.83. The maximum atomic E-state index is 13.0. The Morgan fingerprint density at radius 1 is 1.06 bits per heavy atom. The van der Waals surface area contributed by atoms with Gasteiger partial charge in [0.05, 0.1) is 23.2 Å². The summed E-state index contributed by atoms with van der Waals surface area (Å²) in [5.41, 5.74) is 3.70. The molecular formula is C23H20ClN3O3S. The zero-order valence-electron chi connectivity index (χ0n) is 16.9. The molecule has 0 atom stereocenters. The third kappa shape index (κ3) is 5.23. The van der Waals surface area contributed by atoms with Crippen LogP contribution in [-0.2, 0) is 16.4 Å². The van der Waals surface area contributed by atoms with Crippen molar-refractivity contribution in [3.63, 3.8) is 0 Å². The van der Waals surface area contributed by atoms with E-state index in [1.54, 1.807) is 36.4 Å². The fraction of sp³-hybridized carbons (Fsp3) is 0.130. The molecule has 0 aliphatic heterocycles. The maximum Gasteiger partial charge on any atom is 0.263 e. The minimum Gasteiger partial charge on any atom is -0.322 e. The molecule has 0 fully saturated rings. The first-order chi connectivity index (χ1) is 14.7. The first kappa shape index (κ1) is 22.3. The molecule has 0 spiro atoms. The van der Waals surface area contributed by atoms with Gasteiger partial charge < -0.3 is 5.32 Å². The highest BCUT2D eigenvalue weighted by Crippen LogP contribution is 2.27. The Morgan fingerprint density at radius 2 is 1.77 bits per heavy atom. The van der Waals surface area contributed by atoms with Crippen LogP contribution in [0.2, 0.25) is 5.02 Å². The van der Waals surface area contributed by atoms with Gasteiger partial charge in [-0.25, -0.2) is 8.42 Å². The summed E-state index contributed by atoms with van der Waals surface area (Å²) in [5, 5.41) is 11.5. The van der Waals surface area contributed by atoms with Gasteiger partial charge in [0.1, 0.15) is 4.90 Å². The van der Waals surface area contributed by atoms with Gasteiger partial charge in [0.2, 0.25) is 0 Å². The molecule has 1 amide bonds. The van der Waals surface area contributed by atoms with Crippen molar-refractivity contribution < 1.29 is 13.2 Å². The molecular weight excluding hydrogens is 434 g/mol. The van der Waals surface area contributed by atoms with Crippen molar-refractivity contribution in [1.29, 1.82) is 5.26 Å². The van der Waals surface area contributed by atoms with Gasteiger partial charge >= 0.3 is 0 Å². The molecule has 2 N–H and O–H groups in total. The molecule has 0 saturated heterocycles. The molecule has 0 unspecified atom stereocenters. The van der Waals surface area contributed by atoms with Crippen LogP contribution >= 0.6 is 11.6 Å². The van der Waals surface area contributed by atoms with Crippen molar-refractivity contribution in [3.05, 3.63) is 87.9 Å². The molecule has 0 heterocycles. The minimum absolute atomic E-state index is 0.00946. The van der Waals surface area contributed by atoms with Crippen molar-refractivity contribution in [2.75, 3.05) is 10.0 Å². The molecule has 3 rings (SSSR count). The Morgan fingerprint density at radius 3 is 2.45 bits per heavy atom. The lowest BCUT2D eigenvalue weighted by Crippen LogP contribution is -2.17. The van der Waals surface area contributed by atoms with Crippen molar-refractivity contribution >= 4 is 38.9 Å². The molecule has 0 aromatic heterocycles. The quantitative estimate of drug-likeness (QED) is 0.543. The topological polar surface area (TPSA) is 99.1 Å². The smallest absolute Gasteiger partial charge is 0.263 e. The highest BCUT2D eigenvalue weighted by atomic mass is 35.5. The number of rotatable bonds is 6. The highest BCUT2D eigenvalue weighted by molar-refractivity contribution is 7.92. The number of halogens is 1. The average molecular weight is 454 g/mol. The molecule has 0 bridgehead atoms. The van der Waals surface area contributed by atoms with Gasteiger partial charge in [-0.2, -0.15) is 5.26 Å². The van der Waals surface area contributed by atoms with Gasteiger partial charge in [0.15, 0.2) is 0 Å². The summed E-state index contributed by atoms with van der Waals surface area (Å²) < 4.78 is 28.5. The molecule has 6 nitrogen and oxygen atoms in total. The number of carbonyl (C=O) groups is 1. The number of nitriles is 1. The minimum atomic E-state index is -4.02. The highest BCUT2D eigenvalue weighted by Gasteiger charge is 2.21. The normalized spacial score (nSPS) is 10.9. The number of nitrogens with zero attached hydrogens (tertiary/aromatic N) is 1. The van der Waals surface area contributed by atoms with E-state index in [-0.39, 0.29) is 21.9 Å². The lowest BCUT2D eigenvalue weighted by Gasteiger charge is -2.14. The summed E-state index contributed by atoms with van der Waals surface area (Å²) in [4.78, 5) is 12.5. The van der Waals surface area contributed by atoms with Crippen LogP contribution in [0.25, 0.3) is 0 Å². The second-order valence-corrected chi connectivity index (χ2v) is 9.04. The van der Waals surface area contributed by atoms with E-state index in [1.807, 2.05) is 19.9 Å². The second kappa shape index (κ2) is 9.21. The monoisotopic (exact) mass is 453 g/mol. The van der Waals surface area contributed by atoms with Gasteiger partial charge in [0.25, 0.3) is 15.9 Å². The van der Waals surface area contributed by atoms with Gasteiger partial charge in [-0.05, 0) is 66.9 Å². The number of amides is 1. The first-order valence-corrected chi connectivity index (χ1v) is 11.2. The maximum absolute atomic E-state index is 13.0. The van der Waals surface area contributed by atoms with E-state index in [0.717, 1.165) is 16.7 Å². The number of benzene rings is 3. The number of hydrogen-bond acceptors (Lipinski definition) is 4. The van der Waals surface area contributed by atoms with Crippen LogP contribution in [0.5, 0.6) is 0 Å². The fourth-order valence-corrected chi connectivity index (χ4v) is 4.56. The molecule has 0 aliphatic carbocycles. The van der Waals surface area contributed by atoms with Gasteiger partial charge in [-0.1, -0.05) is 35.9 Å². The van der Waals surface area contributed by atoms with E-state index in [0.29, 0.717) is 11.4 Å². The van der Waals surface area contributed by atoms with Gasteiger partial charge in [0, 0.05) is 11.3 Å². The predicted molar refractivity (Wildman–Crippen MR) is 122 cm³/mol. The molecule has 0 saturated carbocycles. The largest absolute Gasteiger partial charge is 0.322 e. The molecule has 8 heteroatoms. The van der Waals surface area contributed by atoms with Crippen molar-refractivity contribution in [3.8, 4) is 6.07 Å². The number of nitrogens with one attached hydrogen (secondary N) is 2. The Labute approximate surface area is 186 Å². The van der Waals surface area contributed by atoms with Crippen LogP contribution in [0.1, 0.15) is 27.0 Å². The number of aryl methyl sites for hydroxylation is 1. The van der Waals surface area contributed by atoms with Crippen LogP contribution in [0, 0.1) is 25.2 Å². The van der Waals surface area contributed by atoms with E-state index < -0.39 is 15.9 Å². The lowest BCUT2D eigenvalue weighted by molar-refractivity contribution is 0.102. The van der Waals surface area contributed by atoms with Crippen LogP contribution in [-0.4, -0.2) is 14.3 Å². The predicted octanol–water partition coefficient (Wildman–Crippen LogP) is 5.08. The Kier molecular flexibility index (Phi) is 6.64. The molecule has 158 valence electrons. The lowest BCUT2D eigenvalue weighted by atomic mass is 10.1. The Hall–Kier alpha value is -3.34. The van der Waals surface area contributed by atoms with E-state index in [1.165, 1.54) is 18.2 Å². The summed E-state index contributed by atoms with van der Waals surface area (Å²) in [7, 11) is -4.02. The number of hydrogen-bond donors (Lipinski definition) is 2. The van der Waals surface area contributed by atoms with E-state index in [4.69, 9.17) is 16.9 Å². The van der Waals surface area contributed by atoms with Crippen molar-refractivity contribution in [1.82, 2.24) is 0 Å². The van der Waals surface area contributed by atoms with Crippen molar-refractivity contribution in [2.24, 2.45) is 0 Å². The fourth-order valence-electron chi connectivity index (χ4n) is 2.91. The molecule has 3 aromatic rings. The zero-order chi connectivity index (χ0) is 22.6. The average Bonchev–Trinajstić information content (AvgIpc) is 2.73. The summed E-state index contributed by atoms with van der Waals surface area (Å²) in [6, 6.07) is 18.3. The molecule has 0 radical (unpaired) electrons. The van der Waals surface area contributed by atoms with Crippen LogP contribution < -0.4 is 10.0 Å². The standard InChI is InChI=1S/C23H20ClN3O3S/c1-15-4-3-5-21(16(15)2)27-31(29,30)22-14-18(8-11-20(22)24)23(28)26-19-9-6-17(7-10-19)12-13-25/h3-11,14,27H,12H2,1-2H3,(H,26,28). The van der Waals surface area contributed by atoms with Crippen LogP contribution in [0.3, 0.4) is 0 Å². The van der Waals surface area contributed by atoms with E-state index in [9.17, 15) is 13.2 Å². The first-order valence-electron chi connectivity index (χ1n) is 9.37. The summed E-state index contributed by atoms with van der Waals surface area (Å²) in [6.07, 6.45) is 0.278. The molecule has 0 aliphatic rings. The summed E-state index contributed by atoms with van der Waals surface area (Å²) in [5.74, 6) is -0.479. The second-order valence-electron chi connectivity index (χ2n) is 6.98. The summed E-state index contributed by atoms with van der Waals surface area (Å²) >= 11 is 6.15. The SMILES string of the molecule is Cc1cccc(NS(=O)(=O)c2cc(C(=O)Nc3ccc(CC#N)cc3)ccc2Cl)c1C. The van der Waals surface area contributed by atoms with E-state index >= 15 is 0 Å². The Balaban J connectivity index is 1.86. The third-order valence-corrected chi connectivity index (χ3v) is 6.67. The summed E-state index contributed by atoms with van der Waals surface area (Å²) in [6.45, 7) is 3.71. The number of carbonyl (C=O) groups excluding carboxylic acids is 1. The molecule has 31 heavy (non-hydrogen) atoms. The van der Waals surface area contributed by atoms with Crippen molar-refractivity contribution in [2.45, 2.75) is 25.2 Å². The van der Waals surface area contributed by atoms with Crippen LogP contribution in [0.4, 0.5) is 11.4 Å². The Bertz CT molecular complexity index is 1280. The van der Waals surface area contributed by atoms with Crippen LogP contribution in [0.15, 0.2) is 65.6 Å². The van der Waals surface area contributed by atoms with E-state index in [2.05, 4.69) is 16.1 Å². The molecule has 3 aromatic carbocycles.